The Hall–Kier alpha value is -3.00. The maximum absolute atomic E-state index is 13.4. The lowest BCUT2D eigenvalue weighted by Gasteiger charge is -2.10. The number of carbonyl (C=O) groups excluding carboxylic acids is 1. The maximum Gasteiger partial charge on any atom is 0.256 e. The fourth-order valence-corrected chi connectivity index (χ4v) is 3.23. The van der Waals surface area contributed by atoms with Gasteiger partial charge in [-0.1, -0.05) is 0 Å². The lowest BCUT2D eigenvalue weighted by Crippen LogP contribution is -2.15. The molecule has 0 aliphatic heterocycles. The van der Waals surface area contributed by atoms with Crippen molar-refractivity contribution < 1.29 is 17.6 Å². The van der Waals surface area contributed by atoms with Crippen LogP contribution in [0.15, 0.2) is 48.5 Å². The first kappa shape index (κ1) is 18.8. The van der Waals surface area contributed by atoms with Gasteiger partial charge in [0.25, 0.3) is 5.91 Å². The molecule has 3 aromatic rings. The average molecular weight is 387 g/mol. The number of anilines is 2. The van der Waals surface area contributed by atoms with Gasteiger partial charge in [-0.3, -0.25) is 14.5 Å². The molecule has 6 nitrogen and oxygen atoms in total. The van der Waals surface area contributed by atoms with Crippen molar-refractivity contribution in [2.24, 2.45) is 0 Å². The Morgan fingerprint density at radius 1 is 1.07 bits per heavy atom. The molecule has 2 aromatic carbocycles. The van der Waals surface area contributed by atoms with Crippen LogP contribution in [0.5, 0.6) is 0 Å². The fourth-order valence-electron chi connectivity index (χ4n) is 2.59. The van der Waals surface area contributed by atoms with Crippen LogP contribution in [0.3, 0.4) is 0 Å². The van der Waals surface area contributed by atoms with Crippen LogP contribution in [0.1, 0.15) is 23.0 Å². The Bertz CT molecular complexity index is 1110. The van der Waals surface area contributed by atoms with E-state index >= 15 is 0 Å². The van der Waals surface area contributed by atoms with Crippen LogP contribution in [0.25, 0.3) is 10.9 Å². The lowest BCUT2D eigenvalue weighted by molar-refractivity contribution is 0.102. The third kappa shape index (κ3) is 4.40. The summed E-state index contributed by atoms with van der Waals surface area (Å²) in [5.74, 6) is -0.809. The quantitative estimate of drug-likeness (QED) is 0.699. The van der Waals surface area contributed by atoms with Crippen molar-refractivity contribution in [3.63, 3.8) is 0 Å². The lowest BCUT2D eigenvalue weighted by atomic mass is 10.1. The predicted octanol–water partition coefficient (Wildman–Crippen LogP) is 3.70. The summed E-state index contributed by atoms with van der Waals surface area (Å²) in [5, 5.41) is 3.31. The first-order valence-electron chi connectivity index (χ1n) is 8.26. The van der Waals surface area contributed by atoms with E-state index in [-0.39, 0.29) is 11.7 Å². The highest BCUT2D eigenvalue weighted by molar-refractivity contribution is 7.92. The van der Waals surface area contributed by atoms with Gasteiger partial charge in [0.15, 0.2) is 0 Å². The van der Waals surface area contributed by atoms with Gasteiger partial charge in [0.05, 0.1) is 16.8 Å². The Morgan fingerprint density at radius 3 is 2.41 bits per heavy atom. The first-order chi connectivity index (χ1) is 12.8. The Balaban J connectivity index is 1.85. The third-order valence-corrected chi connectivity index (χ3v) is 5.25. The molecule has 1 aromatic heterocycles. The molecule has 0 fully saturated rings. The molecule has 27 heavy (non-hydrogen) atoms. The van der Waals surface area contributed by atoms with E-state index in [1.807, 2.05) is 0 Å². The van der Waals surface area contributed by atoms with Crippen LogP contribution in [-0.4, -0.2) is 25.1 Å². The fraction of sp³-hybridized carbons (Fsp3) is 0.158. The van der Waals surface area contributed by atoms with E-state index in [4.69, 9.17) is 0 Å². The minimum atomic E-state index is -3.36. The highest BCUT2D eigenvalue weighted by Gasteiger charge is 2.13. The van der Waals surface area contributed by atoms with Crippen LogP contribution >= 0.6 is 0 Å². The molecule has 140 valence electrons. The Morgan fingerprint density at radius 2 is 1.74 bits per heavy atom. The smallest absolute Gasteiger partial charge is 0.256 e. The molecular formula is C19H18FN3O3S. The van der Waals surface area contributed by atoms with Crippen molar-refractivity contribution in [1.82, 2.24) is 4.98 Å². The van der Waals surface area contributed by atoms with Crippen LogP contribution < -0.4 is 10.0 Å². The van der Waals surface area contributed by atoms with Crippen molar-refractivity contribution in [2.45, 2.75) is 13.8 Å². The minimum absolute atomic E-state index is 0.0272. The summed E-state index contributed by atoms with van der Waals surface area (Å²) in [4.78, 5) is 16.9. The number of rotatable bonds is 5. The zero-order valence-corrected chi connectivity index (χ0v) is 15.6. The second-order valence-corrected chi connectivity index (χ2v) is 8.02. The maximum atomic E-state index is 13.4. The molecule has 0 aliphatic carbocycles. The Kier molecular flexibility index (Phi) is 5.09. The molecule has 0 saturated carbocycles. The summed E-state index contributed by atoms with van der Waals surface area (Å²) >= 11 is 0. The van der Waals surface area contributed by atoms with Gasteiger partial charge >= 0.3 is 0 Å². The van der Waals surface area contributed by atoms with Gasteiger partial charge in [0.1, 0.15) is 5.82 Å². The number of hydrogen-bond donors (Lipinski definition) is 2. The molecule has 0 spiro atoms. The van der Waals surface area contributed by atoms with E-state index in [2.05, 4.69) is 15.0 Å². The first-order valence-corrected chi connectivity index (χ1v) is 9.91. The largest absolute Gasteiger partial charge is 0.322 e. The monoisotopic (exact) mass is 387 g/mol. The molecule has 0 aliphatic rings. The molecule has 1 amide bonds. The number of fused-ring (bicyclic) bond motifs is 1. The molecule has 0 unspecified atom stereocenters. The van der Waals surface area contributed by atoms with E-state index in [1.165, 1.54) is 18.2 Å². The van der Waals surface area contributed by atoms with Crippen LogP contribution in [0.4, 0.5) is 15.8 Å². The van der Waals surface area contributed by atoms with Gasteiger partial charge in [0.2, 0.25) is 10.0 Å². The van der Waals surface area contributed by atoms with Crippen molar-refractivity contribution in [2.75, 3.05) is 15.8 Å². The highest BCUT2D eigenvalue weighted by Crippen LogP contribution is 2.22. The predicted molar refractivity (Wildman–Crippen MR) is 104 cm³/mol. The van der Waals surface area contributed by atoms with E-state index < -0.39 is 15.8 Å². The summed E-state index contributed by atoms with van der Waals surface area (Å²) in [6.07, 6.45) is 0. The SMILES string of the molecule is CCS(=O)(=O)Nc1ccc(NC(=O)c2cc(C)nc3cc(F)ccc23)cc1. The molecule has 3 rings (SSSR count). The molecule has 0 radical (unpaired) electrons. The van der Waals surface area contributed by atoms with Gasteiger partial charge in [-0.15, -0.1) is 0 Å². The number of hydrogen-bond acceptors (Lipinski definition) is 4. The topological polar surface area (TPSA) is 88.2 Å². The molecule has 1 heterocycles. The van der Waals surface area contributed by atoms with Crippen LogP contribution in [-0.2, 0) is 10.0 Å². The second kappa shape index (κ2) is 7.32. The number of sulfonamides is 1. The van der Waals surface area contributed by atoms with E-state index in [0.717, 1.165) is 0 Å². The van der Waals surface area contributed by atoms with Crippen molar-refractivity contribution in [1.29, 1.82) is 0 Å². The summed E-state index contributed by atoms with van der Waals surface area (Å²) in [6, 6.07) is 12.1. The number of carbonyl (C=O) groups is 1. The second-order valence-electron chi connectivity index (χ2n) is 6.01. The molecule has 2 N–H and O–H groups in total. The number of halogens is 1. The average Bonchev–Trinajstić information content (AvgIpc) is 2.62. The normalized spacial score (nSPS) is 11.4. The number of pyridine rings is 1. The molecule has 0 bridgehead atoms. The van der Waals surface area contributed by atoms with E-state index in [9.17, 15) is 17.6 Å². The summed E-state index contributed by atoms with van der Waals surface area (Å²) in [7, 11) is -3.36. The zero-order chi connectivity index (χ0) is 19.6. The van der Waals surface area contributed by atoms with Crippen molar-refractivity contribution in [3.8, 4) is 0 Å². The van der Waals surface area contributed by atoms with E-state index in [1.54, 1.807) is 44.2 Å². The minimum Gasteiger partial charge on any atom is -0.322 e. The Labute approximate surface area is 156 Å². The number of nitrogens with one attached hydrogen (secondary N) is 2. The summed E-state index contributed by atoms with van der Waals surface area (Å²) in [5.41, 5.74) is 2.31. The van der Waals surface area contributed by atoms with Gasteiger partial charge < -0.3 is 5.32 Å². The van der Waals surface area contributed by atoms with Crippen LogP contribution in [0, 0.1) is 12.7 Å². The number of nitrogens with zero attached hydrogens (tertiary/aromatic N) is 1. The van der Waals surface area contributed by atoms with Crippen molar-refractivity contribution >= 4 is 38.2 Å². The summed E-state index contributed by atoms with van der Waals surface area (Å²) < 4.78 is 39.0. The third-order valence-electron chi connectivity index (χ3n) is 3.94. The van der Waals surface area contributed by atoms with E-state index in [0.29, 0.717) is 33.5 Å². The highest BCUT2D eigenvalue weighted by atomic mass is 32.2. The van der Waals surface area contributed by atoms with Gasteiger partial charge in [-0.25, -0.2) is 12.8 Å². The molecule has 0 atom stereocenters. The van der Waals surface area contributed by atoms with Gasteiger partial charge in [0, 0.05) is 28.5 Å². The molecular weight excluding hydrogens is 369 g/mol. The van der Waals surface area contributed by atoms with Crippen LogP contribution in [0.2, 0.25) is 0 Å². The zero-order valence-electron chi connectivity index (χ0n) is 14.8. The van der Waals surface area contributed by atoms with Gasteiger partial charge in [-0.2, -0.15) is 0 Å². The van der Waals surface area contributed by atoms with Crippen molar-refractivity contribution in [3.05, 3.63) is 65.6 Å². The summed E-state index contributed by atoms with van der Waals surface area (Å²) in [6.45, 7) is 3.28. The standard InChI is InChI=1S/C19H18FN3O3S/c1-3-27(25,26)23-15-7-5-14(6-8-15)22-19(24)17-10-12(2)21-18-11-13(20)4-9-16(17)18/h4-11,23H,3H2,1-2H3,(H,22,24). The molecule has 8 heteroatoms. The number of aromatic nitrogens is 1. The number of benzene rings is 2. The number of amides is 1. The van der Waals surface area contributed by atoms with Gasteiger partial charge in [-0.05, 0) is 56.3 Å². The molecule has 0 saturated heterocycles. The number of aryl methyl sites for hydroxylation is 1.